The maximum absolute atomic E-state index is 14.0. The lowest BCUT2D eigenvalue weighted by Crippen LogP contribution is -1.99. The van der Waals surface area contributed by atoms with E-state index in [-0.39, 0.29) is 25.9 Å². The average Bonchev–Trinajstić information content (AvgIpc) is 2.41. The molecular formula is C13H5Br2F3N2. The number of rotatable bonds is 2. The second-order valence-electron chi connectivity index (χ2n) is 3.77. The third kappa shape index (κ3) is 2.81. The first-order valence-electron chi connectivity index (χ1n) is 5.23. The molecule has 2 nitrogen and oxygen atoms in total. The van der Waals surface area contributed by atoms with Gasteiger partial charge in [-0.3, -0.25) is 0 Å². The maximum atomic E-state index is 14.0. The lowest BCUT2D eigenvalue weighted by atomic mass is 10.2. The van der Waals surface area contributed by atoms with Gasteiger partial charge in [0.1, 0.15) is 17.7 Å². The van der Waals surface area contributed by atoms with Crippen LogP contribution in [0.15, 0.2) is 33.2 Å². The Morgan fingerprint density at radius 1 is 1.00 bits per heavy atom. The Bertz CT molecular complexity index is 727. The van der Waals surface area contributed by atoms with Crippen LogP contribution in [-0.4, -0.2) is 0 Å². The quantitative estimate of drug-likeness (QED) is 0.693. The van der Waals surface area contributed by atoms with Crippen LogP contribution in [0.2, 0.25) is 0 Å². The minimum atomic E-state index is -0.856. The van der Waals surface area contributed by atoms with Gasteiger partial charge in [0.2, 0.25) is 0 Å². The lowest BCUT2D eigenvalue weighted by molar-refractivity contribution is 0.581. The summed E-state index contributed by atoms with van der Waals surface area (Å²) in [6.45, 7) is 0. The van der Waals surface area contributed by atoms with Gasteiger partial charge in [-0.2, -0.15) is 5.26 Å². The first-order chi connectivity index (χ1) is 9.43. The second-order valence-corrected chi connectivity index (χ2v) is 5.42. The Hall–Kier alpha value is -1.52. The monoisotopic (exact) mass is 404 g/mol. The summed E-state index contributed by atoms with van der Waals surface area (Å²) in [6.07, 6.45) is 0. The van der Waals surface area contributed by atoms with Gasteiger partial charge in [0.05, 0.1) is 25.9 Å². The molecule has 20 heavy (non-hydrogen) atoms. The van der Waals surface area contributed by atoms with Crippen LogP contribution in [0.5, 0.6) is 0 Å². The molecule has 0 heterocycles. The highest BCUT2D eigenvalue weighted by Crippen LogP contribution is 2.31. The third-order valence-electron chi connectivity index (χ3n) is 2.48. The van der Waals surface area contributed by atoms with Crippen LogP contribution in [0.4, 0.5) is 24.5 Å². The van der Waals surface area contributed by atoms with Gasteiger partial charge in [0, 0.05) is 6.07 Å². The van der Waals surface area contributed by atoms with Crippen molar-refractivity contribution in [3.05, 3.63) is 56.2 Å². The Morgan fingerprint density at radius 2 is 1.70 bits per heavy atom. The number of halogens is 5. The van der Waals surface area contributed by atoms with Crippen molar-refractivity contribution >= 4 is 43.2 Å². The van der Waals surface area contributed by atoms with Gasteiger partial charge in [-0.1, -0.05) is 0 Å². The summed E-state index contributed by atoms with van der Waals surface area (Å²) in [6, 6.07) is 6.34. The van der Waals surface area contributed by atoms with Gasteiger partial charge in [-0.05, 0) is 50.1 Å². The molecule has 7 heteroatoms. The zero-order valence-electron chi connectivity index (χ0n) is 9.65. The highest BCUT2D eigenvalue weighted by molar-refractivity contribution is 9.10. The molecule has 0 aromatic heterocycles. The number of anilines is 2. The zero-order chi connectivity index (χ0) is 14.9. The minimum Gasteiger partial charge on any atom is -0.351 e. The van der Waals surface area contributed by atoms with Crippen molar-refractivity contribution in [2.75, 3.05) is 5.32 Å². The van der Waals surface area contributed by atoms with Crippen molar-refractivity contribution in [3.63, 3.8) is 0 Å². The van der Waals surface area contributed by atoms with Crippen LogP contribution < -0.4 is 5.32 Å². The lowest BCUT2D eigenvalue weighted by Gasteiger charge is -2.11. The summed E-state index contributed by atoms with van der Waals surface area (Å²) in [5, 5.41) is 11.3. The molecule has 0 unspecified atom stereocenters. The van der Waals surface area contributed by atoms with Gasteiger partial charge in [0.15, 0.2) is 5.82 Å². The fourth-order valence-electron chi connectivity index (χ4n) is 1.50. The fourth-order valence-corrected chi connectivity index (χ4v) is 2.27. The second kappa shape index (κ2) is 5.85. The summed E-state index contributed by atoms with van der Waals surface area (Å²) >= 11 is 5.87. The molecule has 2 rings (SSSR count). The highest BCUT2D eigenvalue weighted by atomic mass is 79.9. The summed E-state index contributed by atoms with van der Waals surface area (Å²) in [4.78, 5) is 0. The topological polar surface area (TPSA) is 35.8 Å². The van der Waals surface area contributed by atoms with E-state index in [0.29, 0.717) is 6.07 Å². The molecule has 0 saturated carbocycles. The van der Waals surface area contributed by atoms with Crippen molar-refractivity contribution in [1.29, 1.82) is 5.26 Å². The molecule has 0 aliphatic rings. The summed E-state index contributed by atoms with van der Waals surface area (Å²) < 4.78 is 40.7. The van der Waals surface area contributed by atoms with Gasteiger partial charge in [-0.15, -0.1) is 0 Å². The molecule has 0 amide bonds. The summed E-state index contributed by atoms with van der Waals surface area (Å²) in [5.41, 5.74) is -0.00382. The van der Waals surface area contributed by atoms with Crippen molar-refractivity contribution in [3.8, 4) is 6.07 Å². The predicted octanol–water partition coefficient (Wildman–Crippen LogP) is 5.24. The number of hydrogen-bond acceptors (Lipinski definition) is 2. The number of nitrogens with zero attached hydrogens (tertiary/aromatic N) is 1. The first kappa shape index (κ1) is 14.9. The molecule has 0 bridgehead atoms. The molecular weight excluding hydrogens is 401 g/mol. The van der Waals surface area contributed by atoms with E-state index in [0.717, 1.165) is 6.07 Å². The van der Waals surface area contributed by atoms with E-state index in [1.807, 2.05) is 6.07 Å². The highest BCUT2D eigenvalue weighted by Gasteiger charge is 2.14. The molecule has 0 radical (unpaired) electrons. The largest absolute Gasteiger partial charge is 0.351 e. The number of benzene rings is 2. The van der Waals surface area contributed by atoms with E-state index in [4.69, 9.17) is 5.26 Å². The number of hydrogen-bond donors (Lipinski definition) is 1. The maximum Gasteiger partial charge on any atom is 0.162 e. The van der Waals surface area contributed by atoms with Gasteiger partial charge in [0.25, 0.3) is 0 Å². The molecule has 2 aromatic carbocycles. The van der Waals surface area contributed by atoms with Crippen molar-refractivity contribution in [2.45, 2.75) is 0 Å². The molecule has 0 saturated heterocycles. The van der Waals surface area contributed by atoms with Crippen molar-refractivity contribution in [2.24, 2.45) is 0 Å². The standard InChI is InChI=1S/C13H5Br2F3N2/c14-7-3-11(9(17)4-8(7)16)20-10-2-1-6(5-19)12(15)13(10)18/h1-4,20H. The van der Waals surface area contributed by atoms with Crippen LogP contribution >= 0.6 is 31.9 Å². The molecule has 0 aliphatic carbocycles. The van der Waals surface area contributed by atoms with Gasteiger partial charge >= 0.3 is 0 Å². The Labute approximate surface area is 129 Å². The smallest absolute Gasteiger partial charge is 0.162 e. The van der Waals surface area contributed by atoms with Crippen LogP contribution in [0.1, 0.15) is 5.56 Å². The van der Waals surface area contributed by atoms with Crippen LogP contribution in [0.3, 0.4) is 0 Å². The predicted molar refractivity (Wildman–Crippen MR) is 76.2 cm³/mol. The molecule has 0 fully saturated rings. The molecule has 0 atom stereocenters. The number of nitriles is 1. The van der Waals surface area contributed by atoms with Crippen LogP contribution in [0.25, 0.3) is 0 Å². The normalized spacial score (nSPS) is 10.2. The fraction of sp³-hybridized carbons (Fsp3) is 0. The SMILES string of the molecule is N#Cc1ccc(Nc2cc(Br)c(F)cc2F)c(F)c1Br. The van der Waals surface area contributed by atoms with E-state index < -0.39 is 17.5 Å². The number of nitrogens with one attached hydrogen (secondary N) is 1. The van der Waals surface area contributed by atoms with E-state index in [2.05, 4.69) is 37.2 Å². The third-order valence-corrected chi connectivity index (χ3v) is 3.87. The molecule has 102 valence electrons. The van der Waals surface area contributed by atoms with Crippen molar-refractivity contribution < 1.29 is 13.2 Å². The minimum absolute atomic E-state index is 0.0217. The Kier molecular flexibility index (Phi) is 4.35. The van der Waals surface area contributed by atoms with Gasteiger partial charge < -0.3 is 5.32 Å². The van der Waals surface area contributed by atoms with E-state index in [1.165, 1.54) is 12.1 Å². The summed E-state index contributed by atoms with van der Waals surface area (Å²) in [5.74, 6) is -2.34. The van der Waals surface area contributed by atoms with Crippen molar-refractivity contribution in [1.82, 2.24) is 0 Å². The van der Waals surface area contributed by atoms with Crippen LogP contribution in [-0.2, 0) is 0 Å². The molecule has 0 spiro atoms. The van der Waals surface area contributed by atoms with E-state index >= 15 is 0 Å². The molecule has 0 aliphatic heterocycles. The van der Waals surface area contributed by atoms with Crippen LogP contribution in [0, 0.1) is 28.8 Å². The Morgan fingerprint density at radius 3 is 2.35 bits per heavy atom. The van der Waals surface area contributed by atoms with E-state index in [1.54, 1.807) is 0 Å². The molecule has 1 N–H and O–H groups in total. The molecule has 2 aromatic rings. The summed E-state index contributed by atoms with van der Waals surface area (Å²) in [7, 11) is 0. The average molecular weight is 406 g/mol. The first-order valence-corrected chi connectivity index (χ1v) is 6.82. The Balaban J connectivity index is 2.44. The zero-order valence-corrected chi connectivity index (χ0v) is 12.8. The van der Waals surface area contributed by atoms with E-state index in [9.17, 15) is 13.2 Å². The van der Waals surface area contributed by atoms with Gasteiger partial charge in [-0.25, -0.2) is 13.2 Å².